The van der Waals surface area contributed by atoms with E-state index in [4.69, 9.17) is 0 Å². The molecule has 0 heterocycles. The Morgan fingerprint density at radius 3 is 2.69 bits per heavy atom. The van der Waals surface area contributed by atoms with Crippen LogP contribution in [0.1, 0.15) is 0 Å². The van der Waals surface area contributed by atoms with Gasteiger partial charge in [-0.05, 0) is 22.0 Å². The molecule has 4 aliphatic rings. The van der Waals surface area contributed by atoms with Crippen LogP contribution in [0.5, 0.6) is 0 Å². The van der Waals surface area contributed by atoms with Crippen LogP contribution in [0.3, 0.4) is 0 Å². The fraction of sp³-hybridized carbons (Fsp3) is 0.0769. The third kappa shape index (κ3) is 0.820. The molecule has 0 N–H and O–H groups in total. The van der Waals surface area contributed by atoms with E-state index in [-0.39, 0.29) is 0 Å². The van der Waals surface area contributed by atoms with Gasteiger partial charge in [-0.15, -0.1) is 5.73 Å². The van der Waals surface area contributed by atoms with E-state index in [9.17, 15) is 10.5 Å². The standard InChI is InChI=1S/C13H3BrN2/c14-12-5-11-9-3-1-2-8(4-10(9)12)13(11,6-15)7-16/h1-3H. The van der Waals surface area contributed by atoms with Gasteiger partial charge in [-0.2, -0.15) is 10.5 Å². The first-order chi connectivity index (χ1) is 7.73. The SMILES string of the molecule is N#CC1(C#N)C2=C=C3C(Br)=C=C1C3=CC=C2. The monoisotopic (exact) mass is 266 g/mol. The maximum Gasteiger partial charge on any atom is 0.208 e. The summed E-state index contributed by atoms with van der Waals surface area (Å²) in [5.41, 5.74) is 7.91. The summed E-state index contributed by atoms with van der Waals surface area (Å²) in [5, 5.41) is 18.6. The van der Waals surface area contributed by atoms with Crippen LogP contribution < -0.4 is 0 Å². The normalized spacial score (nSPS) is 22.1. The summed E-state index contributed by atoms with van der Waals surface area (Å²) in [5.74, 6) is 0. The summed E-state index contributed by atoms with van der Waals surface area (Å²) in [6.45, 7) is 0. The van der Waals surface area contributed by atoms with Crippen LogP contribution in [0.4, 0.5) is 0 Å². The molecule has 0 fully saturated rings. The van der Waals surface area contributed by atoms with Crippen LogP contribution in [-0.4, -0.2) is 0 Å². The molecule has 0 unspecified atom stereocenters. The van der Waals surface area contributed by atoms with E-state index in [0.29, 0.717) is 11.1 Å². The molecule has 0 aromatic heterocycles. The number of hydrogen-bond acceptors (Lipinski definition) is 2. The molecular weight excluding hydrogens is 264 g/mol. The molecule has 72 valence electrons. The first kappa shape index (κ1) is 9.22. The van der Waals surface area contributed by atoms with E-state index < -0.39 is 5.41 Å². The zero-order valence-electron chi connectivity index (χ0n) is 8.00. The molecule has 0 saturated heterocycles. The van der Waals surface area contributed by atoms with Gasteiger partial charge in [-0.25, -0.2) is 0 Å². The highest BCUT2D eigenvalue weighted by atomic mass is 79.9. The van der Waals surface area contributed by atoms with Crippen LogP contribution in [0.25, 0.3) is 0 Å². The third-order valence-corrected chi connectivity index (χ3v) is 3.49. The molecule has 0 aromatic carbocycles. The molecule has 0 aliphatic heterocycles. The number of nitriles is 2. The first-order valence-corrected chi connectivity index (χ1v) is 5.42. The van der Waals surface area contributed by atoms with Gasteiger partial charge in [0.1, 0.15) is 0 Å². The van der Waals surface area contributed by atoms with E-state index in [1.165, 1.54) is 0 Å². The van der Waals surface area contributed by atoms with Crippen LogP contribution in [0.15, 0.2) is 56.5 Å². The predicted octanol–water partition coefficient (Wildman–Crippen LogP) is 2.80. The summed E-state index contributed by atoms with van der Waals surface area (Å²) >= 11 is 3.38. The Balaban J connectivity index is 2.54. The van der Waals surface area contributed by atoms with Gasteiger partial charge in [-0.1, -0.05) is 17.9 Å². The van der Waals surface area contributed by atoms with Gasteiger partial charge in [-0.3, -0.25) is 0 Å². The van der Waals surface area contributed by atoms with Crippen LogP contribution in [0, 0.1) is 28.1 Å². The Morgan fingerprint density at radius 1 is 1.25 bits per heavy atom. The Bertz CT molecular complexity index is 686. The lowest BCUT2D eigenvalue weighted by atomic mass is 9.72. The van der Waals surface area contributed by atoms with Crippen molar-refractivity contribution in [2.75, 3.05) is 0 Å². The number of rotatable bonds is 0. The lowest BCUT2D eigenvalue weighted by Crippen LogP contribution is -2.22. The molecule has 2 nitrogen and oxygen atoms in total. The minimum Gasteiger partial charge on any atom is -0.196 e. The molecule has 3 heteroatoms. The second-order valence-electron chi connectivity index (χ2n) is 3.64. The average molecular weight is 267 g/mol. The number of fused-ring (bicyclic) bond motifs is 1. The number of allylic oxidation sites excluding steroid dienone is 6. The topological polar surface area (TPSA) is 47.6 Å². The Morgan fingerprint density at radius 2 is 2.00 bits per heavy atom. The van der Waals surface area contributed by atoms with Crippen molar-refractivity contribution in [3.05, 3.63) is 56.5 Å². The van der Waals surface area contributed by atoms with Gasteiger partial charge >= 0.3 is 0 Å². The van der Waals surface area contributed by atoms with Gasteiger partial charge in [0.2, 0.25) is 5.41 Å². The zero-order chi connectivity index (χ0) is 11.3. The smallest absolute Gasteiger partial charge is 0.196 e. The number of hydrogen-bond donors (Lipinski definition) is 0. The van der Waals surface area contributed by atoms with Crippen molar-refractivity contribution >= 4 is 15.9 Å². The van der Waals surface area contributed by atoms with Crippen LogP contribution in [-0.2, 0) is 0 Å². The number of nitrogens with zero attached hydrogens (tertiary/aromatic N) is 2. The van der Waals surface area contributed by atoms with Gasteiger partial charge in [0.25, 0.3) is 0 Å². The minimum absolute atomic E-state index is 0.599. The van der Waals surface area contributed by atoms with Gasteiger partial charge in [0.05, 0.1) is 16.6 Å². The molecule has 0 amide bonds. The summed E-state index contributed by atoms with van der Waals surface area (Å²) < 4.78 is 0.766. The van der Waals surface area contributed by atoms with Crippen LogP contribution >= 0.6 is 15.9 Å². The van der Waals surface area contributed by atoms with Crippen molar-refractivity contribution in [3.63, 3.8) is 0 Å². The predicted molar refractivity (Wildman–Crippen MR) is 60.9 cm³/mol. The van der Waals surface area contributed by atoms with Crippen molar-refractivity contribution in [1.29, 1.82) is 10.5 Å². The summed E-state index contributed by atoms with van der Waals surface area (Å²) in [6.07, 6.45) is 5.50. The second kappa shape index (κ2) is 2.76. The molecule has 0 spiro atoms. The van der Waals surface area contributed by atoms with E-state index in [1.807, 2.05) is 12.2 Å². The second-order valence-corrected chi connectivity index (χ2v) is 4.43. The first-order valence-electron chi connectivity index (χ1n) is 4.63. The zero-order valence-corrected chi connectivity index (χ0v) is 9.59. The van der Waals surface area contributed by atoms with Gasteiger partial charge in [0.15, 0.2) is 0 Å². The molecule has 0 aromatic rings. The fourth-order valence-corrected chi connectivity index (χ4v) is 2.61. The quantitative estimate of drug-likeness (QED) is 0.633. The van der Waals surface area contributed by atoms with Crippen molar-refractivity contribution in [3.8, 4) is 12.1 Å². The highest BCUT2D eigenvalue weighted by Crippen LogP contribution is 2.51. The van der Waals surface area contributed by atoms with Crippen molar-refractivity contribution in [1.82, 2.24) is 0 Å². The Hall–Kier alpha value is -2.02. The highest BCUT2D eigenvalue weighted by molar-refractivity contribution is 9.12. The lowest BCUT2D eigenvalue weighted by Gasteiger charge is -2.22. The molecule has 4 aliphatic carbocycles. The van der Waals surface area contributed by atoms with E-state index in [2.05, 4.69) is 39.5 Å². The molecule has 4 rings (SSSR count). The third-order valence-electron chi connectivity index (χ3n) is 2.89. The Kier molecular flexibility index (Phi) is 1.59. The summed E-state index contributed by atoms with van der Waals surface area (Å²) in [6, 6.07) is 4.17. The summed E-state index contributed by atoms with van der Waals surface area (Å²) in [7, 11) is 0. The number of halogens is 1. The highest BCUT2D eigenvalue weighted by Gasteiger charge is 2.46. The maximum atomic E-state index is 9.31. The van der Waals surface area contributed by atoms with E-state index in [0.717, 1.165) is 15.6 Å². The largest absolute Gasteiger partial charge is 0.208 e. The van der Waals surface area contributed by atoms with E-state index in [1.54, 1.807) is 6.08 Å². The van der Waals surface area contributed by atoms with Crippen LogP contribution in [0.2, 0.25) is 0 Å². The van der Waals surface area contributed by atoms with Crippen molar-refractivity contribution < 1.29 is 0 Å². The molecule has 0 radical (unpaired) electrons. The molecule has 0 saturated carbocycles. The van der Waals surface area contributed by atoms with E-state index >= 15 is 0 Å². The Labute approximate surface area is 101 Å². The van der Waals surface area contributed by atoms with Gasteiger partial charge in [0, 0.05) is 22.3 Å². The van der Waals surface area contributed by atoms with Crippen molar-refractivity contribution in [2.45, 2.75) is 0 Å². The average Bonchev–Trinajstić information content (AvgIpc) is 2.53. The molecule has 16 heavy (non-hydrogen) atoms. The lowest BCUT2D eigenvalue weighted by molar-refractivity contribution is 0.766. The fourth-order valence-electron chi connectivity index (χ4n) is 2.10. The van der Waals surface area contributed by atoms with Crippen molar-refractivity contribution in [2.24, 2.45) is 5.41 Å². The molecular formula is C13H3BrN2. The van der Waals surface area contributed by atoms with Gasteiger partial charge < -0.3 is 0 Å². The minimum atomic E-state index is -1.25. The molecule has 4 bridgehead atoms. The maximum absolute atomic E-state index is 9.31. The summed E-state index contributed by atoms with van der Waals surface area (Å²) in [4.78, 5) is 0. The molecule has 0 atom stereocenters.